The zero-order chi connectivity index (χ0) is 12.3. The van der Waals surface area contributed by atoms with E-state index in [0.717, 1.165) is 5.03 Å². The second-order valence-corrected chi connectivity index (χ2v) is 4.60. The lowest BCUT2D eigenvalue weighted by Gasteiger charge is -2.02. The molecule has 0 aromatic carbocycles. The maximum atomic E-state index is 8.96. The summed E-state index contributed by atoms with van der Waals surface area (Å²) in [5, 5.41) is 10.8. The number of hydrogen-bond donors (Lipinski definition) is 1. The fourth-order valence-electron chi connectivity index (χ4n) is 1.15. The van der Waals surface area contributed by atoms with E-state index in [9.17, 15) is 0 Å². The maximum Gasteiger partial charge on any atom is 0.120 e. The third-order valence-electron chi connectivity index (χ3n) is 1.89. The SMILES string of the molecule is N#Cc1cc(N)cnc1Sc1ccc(Cl)cn1. The standard InChI is InChI=1S/C11H7ClN4S/c12-8-1-2-10(15-5-8)17-11-7(4-13)3-9(14)6-16-11/h1-3,5-6H,14H2. The molecule has 0 saturated carbocycles. The van der Waals surface area contributed by atoms with Crippen molar-refractivity contribution < 1.29 is 0 Å². The molecule has 2 aromatic heterocycles. The van der Waals surface area contributed by atoms with Gasteiger partial charge in [-0.1, -0.05) is 11.6 Å². The van der Waals surface area contributed by atoms with Crippen molar-refractivity contribution in [3.05, 3.63) is 41.2 Å². The van der Waals surface area contributed by atoms with Crippen LogP contribution in [-0.2, 0) is 0 Å². The van der Waals surface area contributed by atoms with Crippen LogP contribution in [0.5, 0.6) is 0 Å². The molecule has 4 nitrogen and oxygen atoms in total. The van der Waals surface area contributed by atoms with Crippen LogP contribution in [0, 0.1) is 11.3 Å². The van der Waals surface area contributed by atoms with Gasteiger partial charge in [0.05, 0.1) is 22.5 Å². The van der Waals surface area contributed by atoms with E-state index in [1.165, 1.54) is 18.0 Å². The van der Waals surface area contributed by atoms with Crippen molar-refractivity contribution in [3.63, 3.8) is 0 Å². The average Bonchev–Trinajstić information content (AvgIpc) is 2.34. The predicted octanol–water partition coefficient (Wildman–Crippen LogP) is 2.74. The van der Waals surface area contributed by atoms with Gasteiger partial charge in [0.2, 0.25) is 0 Å². The zero-order valence-corrected chi connectivity index (χ0v) is 10.2. The Kier molecular flexibility index (Phi) is 3.47. The van der Waals surface area contributed by atoms with Crippen LogP contribution in [0.3, 0.4) is 0 Å². The molecule has 2 heterocycles. The van der Waals surface area contributed by atoms with Crippen molar-refractivity contribution in [3.8, 4) is 6.07 Å². The van der Waals surface area contributed by atoms with E-state index in [1.54, 1.807) is 24.4 Å². The molecule has 0 atom stereocenters. The Morgan fingerprint density at radius 3 is 2.76 bits per heavy atom. The number of hydrogen-bond acceptors (Lipinski definition) is 5. The molecule has 0 bridgehead atoms. The Bertz CT molecular complexity index is 577. The molecule has 0 unspecified atom stereocenters. The monoisotopic (exact) mass is 262 g/mol. The third-order valence-corrected chi connectivity index (χ3v) is 3.09. The number of aromatic nitrogens is 2. The molecule has 2 rings (SSSR count). The van der Waals surface area contributed by atoms with Gasteiger partial charge in [0, 0.05) is 6.20 Å². The molecule has 0 aliphatic rings. The summed E-state index contributed by atoms with van der Waals surface area (Å²) < 4.78 is 0. The largest absolute Gasteiger partial charge is 0.397 e. The van der Waals surface area contributed by atoms with Gasteiger partial charge in [-0.05, 0) is 30.0 Å². The lowest BCUT2D eigenvalue weighted by molar-refractivity contribution is 1.08. The Balaban J connectivity index is 2.30. The van der Waals surface area contributed by atoms with Crippen molar-refractivity contribution in [2.45, 2.75) is 10.1 Å². The van der Waals surface area contributed by atoms with E-state index >= 15 is 0 Å². The molecule has 6 heteroatoms. The van der Waals surface area contributed by atoms with E-state index in [1.807, 2.05) is 0 Å². The number of anilines is 1. The molecule has 0 spiro atoms. The average molecular weight is 263 g/mol. The molecule has 0 aliphatic carbocycles. The van der Waals surface area contributed by atoms with Crippen LogP contribution < -0.4 is 5.73 Å². The first-order valence-corrected chi connectivity index (χ1v) is 5.83. The molecule has 0 radical (unpaired) electrons. The summed E-state index contributed by atoms with van der Waals surface area (Å²) in [7, 11) is 0. The van der Waals surface area contributed by atoms with Gasteiger partial charge in [-0.2, -0.15) is 5.26 Å². The molecule has 17 heavy (non-hydrogen) atoms. The number of nitrogens with two attached hydrogens (primary N) is 1. The molecule has 84 valence electrons. The number of pyridine rings is 2. The Hall–Kier alpha value is -1.77. The normalized spacial score (nSPS) is 9.88. The van der Waals surface area contributed by atoms with Crippen molar-refractivity contribution in [1.82, 2.24) is 9.97 Å². The number of nitrogen functional groups attached to an aromatic ring is 1. The third kappa shape index (κ3) is 2.87. The van der Waals surface area contributed by atoms with Crippen molar-refractivity contribution >= 4 is 29.1 Å². The highest BCUT2D eigenvalue weighted by atomic mass is 35.5. The van der Waals surface area contributed by atoms with E-state index in [-0.39, 0.29) is 0 Å². The van der Waals surface area contributed by atoms with Crippen LogP contribution in [-0.4, -0.2) is 9.97 Å². The smallest absolute Gasteiger partial charge is 0.120 e. The summed E-state index contributed by atoms with van der Waals surface area (Å²) in [6, 6.07) is 7.15. The Labute approximate surface area is 107 Å². The van der Waals surface area contributed by atoms with Gasteiger partial charge >= 0.3 is 0 Å². The van der Waals surface area contributed by atoms with Crippen LogP contribution in [0.25, 0.3) is 0 Å². The van der Waals surface area contributed by atoms with E-state index in [2.05, 4.69) is 16.0 Å². The molecule has 2 aromatic rings. The minimum absolute atomic E-state index is 0.437. The van der Waals surface area contributed by atoms with Crippen molar-refractivity contribution in [1.29, 1.82) is 5.26 Å². The molecule has 0 saturated heterocycles. The first-order chi connectivity index (χ1) is 8.19. The van der Waals surface area contributed by atoms with Gasteiger partial charge in [-0.3, -0.25) is 0 Å². The van der Waals surface area contributed by atoms with Gasteiger partial charge in [0.15, 0.2) is 0 Å². The van der Waals surface area contributed by atoms with Crippen molar-refractivity contribution in [2.75, 3.05) is 5.73 Å². The van der Waals surface area contributed by atoms with Gasteiger partial charge < -0.3 is 5.73 Å². The number of rotatable bonds is 2. The van der Waals surface area contributed by atoms with Crippen molar-refractivity contribution in [2.24, 2.45) is 0 Å². The summed E-state index contributed by atoms with van der Waals surface area (Å²) in [5.74, 6) is 0. The summed E-state index contributed by atoms with van der Waals surface area (Å²) >= 11 is 7.04. The highest BCUT2D eigenvalue weighted by Crippen LogP contribution is 2.28. The lowest BCUT2D eigenvalue weighted by Crippen LogP contribution is -1.92. The van der Waals surface area contributed by atoms with Crippen LogP contribution >= 0.6 is 23.4 Å². The summed E-state index contributed by atoms with van der Waals surface area (Å²) in [6.07, 6.45) is 3.06. The van der Waals surface area contributed by atoms with Gasteiger partial charge in [0.25, 0.3) is 0 Å². The summed E-state index contributed by atoms with van der Waals surface area (Å²) in [5.41, 5.74) is 6.46. The molecule has 2 N–H and O–H groups in total. The zero-order valence-electron chi connectivity index (χ0n) is 8.59. The molecule has 0 fully saturated rings. The summed E-state index contributed by atoms with van der Waals surface area (Å²) in [6.45, 7) is 0. The Morgan fingerprint density at radius 1 is 1.29 bits per heavy atom. The fraction of sp³-hybridized carbons (Fsp3) is 0. The molecular weight excluding hydrogens is 256 g/mol. The predicted molar refractivity (Wildman–Crippen MR) is 66.7 cm³/mol. The van der Waals surface area contributed by atoms with Crippen LogP contribution in [0.15, 0.2) is 40.6 Å². The van der Waals surface area contributed by atoms with Crippen LogP contribution in [0.2, 0.25) is 5.02 Å². The minimum Gasteiger partial charge on any atom is -0.397 e. The van der Waals surface area contributed by atoms with E-state index < -0.39 is 0 Å². The molecular formula is C11H7ClN4S. The summed E-state index contributed by atoms with van der Waals surface area (Å²) in [4.78, 5) is 8.23. The Morgan fingerprint density at radius 2 is 2.12 bits per heavy atom. The van der Waals surface area contributed by atoms with Crippen LogP contribution in [0.4, 0.5) is 5.69 Å². The van der Waals surface area contributed by atoms with Gasteiger partial charge in [-0.15, -0.1) is 0 Å². The highest BCUT2D eigenvalue weighted by molar-refractivity contribution is 7.99. The fourth-order valence-corrected chi connectivity index (χ4v) is 2.02. The number of nitrogens with zero attached hydrogens (tertiary/aromatic N) is 3. The van der Waals surface area contributed by atoms with Crippen LogP contribution in [0.1, 0.15) is 5.56 Å². The second-order valence-electron chi connectivity index (χ2n) is 3.15. The topological polar surface area (TPSA) is 75.6 Å². The second kappa shape index (κ2) is 5.04. The number of halogens is 1. The number of nitriles is 1. The molecule has 0 aliphatic heterocycles. The lowest BCUT2D eigenvalue weighted by atomic mass is 10.3. The van der Waals surface area contributed by atoms with Gasteiger partial charge in [0.1, 0.15) is 16.1 Å². The van der Waals surface area contributed by atoms with E-state index in [4.69, 9.17) is 22.6 Å². The quantitative estimate of drug-likeness (QED) is 0.901. The first kappa shape index (κ1) is 11.7. The first-order valence-electron chi connectivity index (χ1n) is 4.64. The maximum absolute atomic E-state index is 8.96. The van der Waals surface area contributed by atoms with Gasteiger partial charge in [-0.25, -0.2) is 9.97 Å². The van der Waals surface area contributed by atoms with E-state index in [0.29, 0.717) is 21.3 Å². The highest BCUT2D eigenvalue weighted by Gasteiger charge is 2.07. The minimum atomic E-state index is 0.437. The molecule has 0 amide bonds.